The lowest BCUT2D eigenvalue weighted by molar-refractivity contribution is 0.282. The summed E-state index contributed by atoms with van der Waals surface area (Å²) >= 11 is 1.45. The van der Waals surface area contributed by atoms with Crippen LogP contribution in [-0.2, 0) is 19.4 Å². The Bertz CT molecular complexity index is 692. The Morgan fingerprint density at radius 1 is 1.14 bits per heavy atom. The number of hydrogen-bond acceptors (Lipinski definition) is 5. The molecular weight excluding hydrogens is 282 g/mol. The monoisotopic (exact) mass is 297 g/mol. The molecule has 1 heterocycles. The van der Waals surface area contributed by atoms with Crippen molar-refractivity contribution in [2.45, 2.75) is 42.2 Å². The van der Waals surface area contributed by atoms with Gasteiger partial charge >= 0.3 is 0 Å². The first-order chi connectivity index (χ1) is 10.3. The molecule has 4 nitrogen and oxygen atoms in total. The molecule has 1 aromatic carbocycles. The van der Waals surface area contributed by atoms with Gasteiger partial charge in [-0.15, -0.1) is 5.10 Å². The molecular formula is C16H15N3OS. The summed E-state index contributed by atoms with van der Waals surface area (Å²) in [5.41, 5.74) is 3.61. The fraction of sp³-hybridized carbons (Fsp3) is 0.312. The first-order valence-electron chi connectivity index (χ1n) is 6.98. The zero-order valence-corrected chi connectivity index (χ0v) is 12.4. The average molecular weight is 297 g/mol. The molecule has 2 aromatic rings. The fourth-order valence-electron chi connectivity index (χ4n) is 2.52. The van der Waals surface area contributed by atoms with Gasteiger partial charge in [-0.25, -0.2) is 0 Å². The standard InChI is InChI=1S/C16H15N3OS/c17-9-14-13-3-1-2-4-15(13)18-19-16(14)21-12-7-5-11(10-20)6-8-12/h5-8,20H,1-4,10H2. The molecule has 1 aliphatic rings. The number of rotatable bonds is 3. The van der Waals surface area contributed by atoms with Crippen molar-refractivity contribution < 1.29 is 5.11 Å². The molecule has 5 heteroatoms. The molecule has 0 spiro atoms. The summed E-state index contributed by atoms with van der Waals surface area (Å²) in [5.74, 6) is 0. The number of fused-ring (bicyclic) bond motifs is 1. The number of benzene rings is 1. The van der Waals surface area contributed by atoms with E-state index in [0.29, 0.717) is 10.6 Å². The second kappa shape index (κ2) is 6.25. The SMILES string of the molecule is N#Cc1c(Sc2ccc(CO)cc2)nnc2c1CCCC2. The van der Waals surface area contributed by atoms with E-state index in [2.05, 4.69) is 16.3 Å². The Kier molecular flexibility index (Phi) is 4.18. The van der Waals surface area contributed by atoms with Crippen LogP contribution in [0.15, 0.2) is 34.2 Å². The second-order valence-corrected chi connectivity index (χ2v) is 6.09. The summed E-state index contributed by atoms with van der Waals surface area (Å²) in [4.78, 5) is 0.994. The van der Waals surface area contributed by atoms with Crippen molar-refractivity contribution in [3.63, 3.8) is 0 Å². The molecule has 1 aliphatic carbocycles. The predicted octanol–water partition coefficient (Wildman–Crippen LogP) is 2.87. The molecule has 1 N–H and O–H groups in total. The summed E-state index contributed by atoms with van der Waals surface area (Å²) in [7, 11) is 0. The van der Waals surface area contributed by atoms with E-state index in [1.54, 1.807) is 0 Å². The van der Waals surface area contributed by atoms with Gasteiger partial charge in [-0.2, -0.15) is 10.4 Å². The van der Waals surface area contributed by atoms with Crippen molar-refractivity contribution in [1.82, 2.24) is 10.2 Å². The first-order valence-corrected chi connectivity index (χ1v) is 7.79. The molecule has 0 saturated heterocycles. The van der Waals surface area contributed by atoms with Crippen molar-refractivity contribution in [1.29, 1.82) is 5.26 Å². The van der Waals surface area contributed by atoms with Gasteiger partial charge in [0.1, 0.15) is 11.1 Å². The number of aryl methyl sites for hydroxylation is 1. The van der Waals surface area contributed by atoms with Crippen LogP contribution in [0.5, 0.6) is 0 Å². The topological polar surface area (TPSA) is 69.8 Å². The lowest BCUT2D eigenvalue weighted by Crippen LogP contribution is -2.10. The highest BCUT2D eigenvalue weighted by Crippen LogP contribution is 2.32. The van der Waals surface area contributed by atoms with Crippen molar-refractivity contribution in [2.75, 3.05) is 0 Å². The first kappa shape index (κ1) is 14.1. The number of hydrogen-bond donors (Lipinski definition) is 1. The highest BCUT2D eigenvalue weighted by molar-refractivity contribution is 7.99. The lowest BCUT2D eigenvalue weighted by atomic mass is 9.94. The molecule has 1 aromatic heterocycles. The van der Waals surface area contributed by atoms with Gasteiger partial charge in [-0.05, 0) is 48.9 Å². The molecule has 0 amide bonds. The Hall–Kier alpha value is -1.90. The van der Waals surface area contributed by atoms with Crippen LogP contribution in [0, 0.1) is 11.3 Å². The van der Waals surface area contributed by atoms with E-state index in [4.69, 9.17) is 5.11 Å². The van der Waals surface area contributed by atoms with Crippen LogP contribution in [-0.4, -0.2) is 15.3 Å². The third-order valence-electron chi connectivity index (χ3n) is 3.65. The Morgan fingerprint density at radius 3 is 2.62 bits per heavy atom. The number of nitriles is 1. The van der Waals surface area contributed by atoms with Crippen LogP contribution in [0.1, 0.15) is 35.2 Å². The third-order valence-corrected chi connectivity index (χ3v) is 4.64. The molecule has 3 rings (SSSR count). The van der Waals surface area contributed by atoms with Gasteiger partial charge in [-0.1, -0.05) is 23.9 Å². The molecule has 0 atom stereocenters. The summed E-state index contributed by atoms with van der Waals surface area (Å²) < 4.78 is 0. The van der Waals surface area contributed by atoms with Crippen LogP contribution < -0.4 is 0 Å². The van der Waals surface area contributed by atoms with E-state index in [9.17, 15) is 5.26 Å². The molecule has 0 bridgehead atoms. The van der Waals surface area contributed by atoms with Crippen molar-refractivity contribution in [3.05, 3.63) is 46.6 Å². The molecule has 21 heavy (non-hydrogen) atoms. The smallest absolute Gasteiger partial charge is 0.142 e. The van der Waals surface area contributed by atoms with E-state index in [0.717, 1.165) is 47.4 Å². The van der Waals surface area contributed by atoms with Gasteiger partial charge in [0.05, 0.1) is 17.9 Å². The minimum atomic E-state index is 0.0348. The zero-order valence-electron chi connectivity index (χ0n) is 11.5. The van der Waals surface area contributed by atoms with E-state index in [1.165, 1.54) is 11.8 Å². The zero-order chi connectivity index (χ0) is 14.7. The summed E-state index contributed by atoms with van der Waals surface area (Å²) in [6, 6.07) is 9.91. The van der Waals surface area contributed by atoms with Crippen molar-refractivity contribution in [2.24, 2.45) is 0 Å². The minimum Gasteiger partial charge on any atom is -0.392 e. The molecule has 0 unspecified atom stereocenters. The Labute approximate surface area is 127 Å². The summed E-state index contributed by atoms with van der Waals surface area (Å²) in [6.45, 7) is 0.0348. The van der Waals surface area contributed by atoms with Gasteiger partial charge in [0.15, 0.2) is 0 Å². The van der Waals surface area contributed by atoms with E-state index in [-0.39, 0.29) is 6.61 Å². The van der Waals surface area contributed by atoms with Crippen molar-refractivity contribution >= 4 is 11.8 Å². The third kappa shape index (κ3) is 2.92. The highest BCUT2D eigenvalue weighted by atomic mass is 32.2. The van der Waals surface area contributed by atoms with Gasteiger partial charge in [-0.3, -0.25) is 0 Å². The van der Waals surface area contributed by atoms with Crippen molar-refractivity contribution in [3.8, 4) is 6.07 Å². The van der Waals surface area contributed by atoms with E-state index in [1.807, 2.05) is 24.3 Å². The largest absolute Gasteiger partial charge is 0.392 e. The quantitative estimate of drug-likeness (QED) is 0.943. The number of aliphatic hydroxyl groups excluding tert-OH is 1. The van der Waals surface area contributed by atoms with Gasteiger partial charge in [0.25, 0.3) is 0 Å². The minimum absolute atomic E-state index is 0.0348. The maximum Gasteiger partial charge on any atom is 0.142 e. The highest BCUT2D eigenvalue weighted by Gasteiger charge is 2.19. The van der Waals surface area contributed by atoms with E-state index >= 15 is 0 Å². The molecule has 0 saturated carbocycles. The van der Waals surface area contributed by atoms with Crippen LogP contribution in [0.2, 0.25) is 0 Å². The number of aromatic nitrogens is 2. The number of nitrogens with zero attached hydrogens (tertiary/aromatic N) is 3. The van der Waals surface area contributed by atoms with Crippen LogP contribution in [0.3, 0.4) is 0 Å². The normalized spacial score (nSPS) is 13.5. The van der Waals surface area contributed by atoms with Gasteiger partial charge < -0.3 is 5.11 Å². The Morgan fingerprint density at radius 2 is 1.90 bits per heavy atom. The van der Waals surface area contributed by atoms with Gasteiger partial charge in [0.2, 0.25) is 0 Å². The maximum atomic E-state index is 9.47. The maximum absolute atomic E-state index is 9.47. The average Bonchev–Trinajstić information content (AvgIpc) is 2.55. The second-order valence-electron chi connectivity index (χ2n) is 5.03. The van der Waals surface area contributed by atoms with Crippen LogP contribution in [0.4, 0.5) is 0 Å². The van der Waals surface area contributed by atoms with Gasteiger partial charge in [0, 0.05) is 4.90 Å². The van der Waals surface area contributed by atoms with Crippen LogP contribution in [0.25, 0.3) is 0 Å². The fourth-order valence-corrected chi connectivity index (χ4v) is 3.36. The molecule has 106 valence electrons. The Balaban J connectivity index is 1.93. The molecule has 0 aliphatic heterocycles. The van der Waals surface area contributed by atoms with Crippen LogP contribution >= 0.6 is 11.8 Å². The summed E-state index contributed by atoms with van der Waals surface area (Å²) in [6.07, 6.45) is 4.09. The predicted molar refractivity (Wildman–Crippen MR) is 79.9 cm³/mol. The van der Waals surface area contributed by atoms with E-state index < -0.39 is 0 Å². The summed E-state index contributed by atoms with van der Waals surface area (Å²) in [5, 5.41) is 27.7. The lowest BCUT2D eigenvalue weighted by Gasteiger charge is -2.16. The number of aliphatic hydroxyl groups is 1. The molecule has 0 radical (unpaired) electrons. The molecule has 0 fully saturated rings.